The molecule has 7 heteroatoms. The molecular formula is C11H7Cl2N2O2S-. The monoisotopic (exact) mass is 301 g/mol. The molecule has 1 N–H and O–H groups in total. The number of benzene rings is 1. The number of hydrogen-bond acceptors (Lipinski definition) is 5. The van der Waals surface area contributed by atoms with Gasteiger partial charge in [0.15, 0.2) is 5.13 Å². The van der Waals surface area contributed by atoms with Gasteiger partial charge < -0.3 is 15.2 Å². The number of nitrogens with one attached hydrogen (secondary N) is 1. The Balaban J connectivity index is 2.29. The van der Waals surface area contributed by atoms with Crippen molar-refractivity contribution >= 4 is 51.3 Å². The molecule has 0 bridgehead atoms. The summed E-state index contributed by atoms with van der Waals surface area (Å²) in [6.45, 7) is 1.61. The molecule has 0 radical (unpaired) electrons. The van der Waals surface area contributed by atoms with Crippen LogP contribution in [0.1, 0.15) is 15.4 Å². The van der Waals surface area contributed by atoms with Crippen LogP contribution >= 0.6 is 34.5 Å². The highest BCUT2D eigenvalue weighted by atomic mass is 35.5. The molecule has 0 atom stereocenters. The Bertz CT molecular complexity index is 613. The number of carbonyl (C=O) groups excluding carboxylic acids is 1. The van der Waals surface area contributed by atoms with Crippen molar-refractivity contribution in [2.75, 3.05) is 5.32 Å². The molecule has 2 rings (SSSR count). The third kappa shape index (κ3) is 2.75. The van der Waals surface area contributed by atoms with Crippen molar-refractivity contribution in [3.63, 3.8) is 0 Å². The lowest BCUT2D eigenvalue weighted by atomic mass is 10.3. The summed E-state index contributed by atoms with van der Waals surface area (Å²) in [5.41, 5.74) is 1.02. The van der Waals surface area contributed by atoms with Crippen LogP contribution in [0.3, 0.4) is 0 Å². The predicted octanol–water partition coefficient (Wildman–Crippen LogP) is 2.87. The van der Waals surface area contributed by atoms with E-state index in [4.69, 9.17) is 23.2 Å². The number of rotatable bonds is 3. The molecule has 0 aliphatic rings. The van der Waals surface area contributed by atoms with E-state index in [2.05, 4.69) is 10.3 Å². The molecule has 0 saturated heterocycles. The summed E-state index contributed by atoms with van der Waals surface area (Å²) in [6.07, 6.45) is 0. The second-order valence-electron chi connectivity index (χ2n) is 3.47. The van der Waals surface area contributed by atoms with Gasteiger partial charge in [-0.3, -0.25) is 0 Å². The molecule has 0 aliphatic carbocycles. The van der Waals surface area contributed by atoms with Gasteiger partial charge in [-0.25, -0.2) is 4.98 Å². The largest absolute Gasteiger partial charge is 0.544 e. The van der Waals surface area contributed by atoms with Crippen molar-refractivity contribution in [1.82, 2.24) is 4.98 Å². The standard InChI is InChI=1S/C11H8Cl2N2O2S/c1-5-9(10(16)17)18-11(14-5)15-8-3-2-6(12)4-7(8)13/h2-4H,1H3,(H,14,15)(H,16,17)/p-1. The van der Waals surface area contributed by atoms with Crippen molar-refractivity contribution in [2.45, 2.75) is 6.92 Å². The number of carboxylic acid groups (broad SMARTS) is 1. The Kier molecular flexibility index (Phi) is 3.75. The number of halogens is 2. The van der Waals surface area contributed by atoms with Crippen molar-refractivity contribution in [3.8, 4) is 0 Å². The molecule has 0 amide bonds. The number of aromatic nitrogens is 1. The Labute approximate surface area is 117 Å². The van der Waals surface area contributed by atoms with Crippen LogP contribution in [0, 0.1) is 6.92 Å². The topological polar surface area (TPSA) is 65.0 Å². The summed E-state index contributed by atoms with van der Waals surface area (Å²) in [5, 5.41) is 15.1. The first-order chi connectivity index (χ1) is 8.47. The Morgan fingerprint density at radius 1 is 1.44 bits per heavy atom. The summed E-state index contributed by atoms with van der Waals surface area (Å²) in [4.78, 5) is 15.0. The second-order valence-corrected chi connectivity index (χ2v) is 5.31. The average molecular weight is 302 g/mol. The second kappa shape index (κ2) is 5.14. The number of nitrogens with zero attached hydrogens (tertiary/aromatic N) is 1. The molecule has 0 unspecified atom stereocenters. The first-order valence-electron chi connectivity index (χ1n) is 4.88. The number of carbonyl (C=O) groups is 1. The van der Waals surface area contributed by atoms with E-state index < -0.39 is 5.97 Å². The summed E-state index contributed by atoms with van der Waals surface area (Å²) in [7, 11) is 0. The summed E-state index contributed by atoms with van der Waals surface area (Å²) < 4.78 is 0. The predicted molar refractivity (Wildman–Crippen MR) is 70.9 cm³/mol. The van der Waals surface area contributed by atoms with Gasteiger partial charge in [-0.05, 0) is 25.1 Å². The third-order valence-corrected chi connectivity index (χ3v) is 3.76. The molecule has 0 saturated carbocycles. The molecule has 2 aromatic rings. The van der Waals surface area contributed by atoms with E-state index in [0.717, 1.165) is 11.3 Å². The highest BCUT2D eigenvalue weighted by Crippen LogP contribution is 2.30. The van der Waals surface area contributed by atoms with Crippen LogP contribution in [0.25, 0.3) is 0 Å². The number of thiazole rings is 1. The van der Waals surface area contributed by atoms with Crippen molar-refractivity contribution in [1.29, 1.82) is 0 Å². The molecule has 1 aromatic heterocycles. The van der Waals surface area contributed by atoms with Gasteiger partial charge in [0.1, 0.15) is 0 Å². The van der Waals surface area contributed by atoms with Crippen molar-refractivity contribution < 1.29 is 9.90 Å². The maximum atomic E-state index is 10.8. The van der Waals surface area contributed by atoms with Gasteiger partial charge in [0.25, 0.3) is 0 Å². The van der Waals surface area contributed by atoms with E-state index in [1.54, 1.807) is 25.1 Å². The molecule has 1 heterocycles. The average Bonchev–Trinajstić information content (AvgIpc) is 2.64. The number of carboxylic acids is 1. The molecule has 0 spiro atoms. The summed E-state index contributed by atoms with van der Waals surface area (Å²) in [5.74, 6) is -1.24. The smallest absolute Gasteiger partial charge is 0.188 e. The lowest BCUT2D eigenvalue weighted by Gasteiger charge is -2.05. The maximum Gasteiger partial charge on any atom is 0.188 e. The fraction of sp³-hybridized carbons (Fsp3) is 0.0909. The van der Waals surface area contributed by atoms with E-state index in [1.165, 1.54) is 0 Å². The fourth-order valence-corrected chi connectivity index (χ4v) is 2.61. The zero-order valence-electron chi connectivity index (χ0n) is 9.16. The van der Waals surface area contributed by atoms with Crippen LogP contribution in [0.4, 0.5) is 10.8 Å². The van der Waals surface area contributed by atoms with E-state index >= 15 is 0 Å². The fourth-order valence-electron chi connectivity index (χ4n) is 1.35. The summed E-state index contributed by atoms with van der Waals surface area (Å²) >= 11 is 12.8. The lowest BCUT2D eigenvalue weighted by molar-refractivity contribution is -0.254. The van der Waals surface area contributed by atoms with Crippen LogP contribution in [0.15, 0.2) is 18.2 Å². The first kappa shape index (κ1) is 13.1. The van der Waals surface area contributed by atoms with E-state index in [9.17, 15) is 9.90 Å². The van der Waals surface area contributed by atoms with Gasteiger partial charge in [-0.2, -0.15) is 0 Å². The van der Waals surface area contributed by atoms with Gasteiger partial charge in [0.05, 0.1) is 27.3 Å². The number of aromatic carboxylic acids is 1. The number of hydrogen-bond donors (Lipinski definition) is 1. The SMILES string of the molecule is Cc1nc(Nc2ccc(Cl)cc2Cl)sc1C(=O)[O-]. The normalized spacial score (nSPS) is 10.4. The summed E-state index contributed by atoms with van der Waals surface area (Å²) in [6, 6.07) is 4.96. The maximum absolute atomic E-state index is 10.8. The number of aryl methyl sites for hydroxylation is 1. The molecule has 0 aliphatic heterocycles. The Morgan fingerprint density at radius 3 is 2.72 bits per heavy atom. The Morgan fingerprint density at radius 2 is 2.17 bits per heavy atom. The Hall–Kier alpha value is -1.30. The molecular weight excluding hydrogens is 295 g/mol. The minimum atomic E-state index is -1.24. The van der Waals surface area contributed by atoms with Crippen LogP contribution in [-0.2, 0) is 0 Å². The molecule has 4 nitrogen and oxygen atoms in total. The highest BCUT2D eigenvalue weighted by Gasteiger charge is 2.10. The molecule has 0 fully saturated rings. The van der Waals surface area contributed by atoms with Crippen LogP contribution in [0.5, 0.6) is 0 Å². The molecule has 1 aromatic carbocycles. The van der Waals surface area contributed by atoms with E-state index in [-0.39, 0.29) is 4.88 Å². The van der Waals surface area contributed by atoms with Gasteiger partial charge in [0, 0.05) is 5.02 Å². The lowest BCUT2D eigenvalue weighted by Crippen LogP contribution is -2.21. The van der Waals surface area contributed by atoms with Gasteiger partial charge >= 0.3 is 0 Å². The quantitative estimate of drug-likeness (QED) is 0.947. The van der Waals surface area contributed by atoms with E-state index in [1.807, 2.05) is 0 Å². The minimum Gasteiger partial charge on any atom is -0.544 e. The van der Waals surface area contributed by atoms with Gasteiger partial charge in [-0.1, -0.05) is 34.5 Å². The van der Waals surface area contributed by atoms with Gasteiger partial charge in [0.2, 0.25) is 0 Å². The highest BCUT2D eigenvalue weighted by molar-refractivity contribution is 7.17. The van der Waals surface area contributed by atoms with E-state index in [0.29, 0.717) is 26.6 Å². The van der Waals surface area contributed by atoms with Crippen molar-refractivity contribution in [3.05, 3.63) is 38.8 Å². The minimum absolute atomic E-state index is 0.0996. The van der Waals surface area contributed by atoms with Gasteiger partial charge in [-0.15, -0.1) is 0 Å². The van der Waals surface area contributed by atoms with Crippen LogP contribution in [0.2, 0.25) is 10.0 Å². The first-order valence-corrected chi connectivity index (χ1v) is 6.45. The third-order valence-electron chi connectivity index (χ3n) is 2.15. The van der Waals surface area contributed by atoms with Crippen molar-refractivity contribution in [2.24, 2.45) is 0 Å². The van der Waals surface area contributed by atoms with Crippen LogP contribution < -0.4 is 10.4 Å². The molecule has 18 heavy (non-hydrogen) atoms. The number of anilines is 2. The zero-order valence-corrected chi connectivity index (χ0v) is 11.5. The van der Waals surface area contributed by atoms with Crippen LogP contribution in [-0.4, -0.2) is 11.0 Å². The zero-order chi connectivity index (χ0) is 13.3. The molecule has 94 valence electrons.